The zero-order valence-electron chi connectivity index (χ0n) is 17.6. The predicted molar refractivity (Wildman–Crippen MR) is 121 cm³/mol. The van der Waals surface area contributed by atoms with E-state index in [1.807, 2.05) is 4.90 Å². The Balaban J connectivity index is 0.00000625. The van der Waals surface area contributed by atoms with Gasteiger partial charge in [-0.15, -0.1) is 24.0 Å². The van der Waals surface area contributed by atoms with Gasteiger partial charge in [-0.3, -0.25) is 14.7 Å². The lowest BCUT2D eigenvalue weighted by molar-refractivity contribution is -0.130. The van der Waals surface area contributed by atoms with Crippen LogP contribution in [0.4, 0.5) is 0 Å². The lowest BCUT2D eigenvalue weighted by atomic mass is 9.89. The van der Waals surface area contributed by atoms with E-state index in [9.17, 15) is 4.79 Å². The van der Waals surface area contributed by atoms with Gasteiger partial charge >= 0.3 is 0 Å². The molecule has 1 rings (SSSR count). The van der Waals surface area contributed by atoms with E-state index in [0.29, 0.717) is 11.5 Å². The third kappa shape index (κ3) is 11.2. The van der Waals surface area contributed by atoms with Gasteiger partial charge in [0.1, 0.15) is 0 Å². The van der Waals surface area contributed by atoms with Crippen LogP contribution in [0.25, 0.3) is 0 Å². The Morgan fingerprint density at radius 3 is 2.31 bits per heavy atom. The molecule has 0 aromatic carbocycles. The van der Waals surface area contributed by atoms with E-state index >= 15 is 0 Å². The summed E-state index contributed by atoms with van der Waals surface area (Å²) < 4.78 is 0. The number of aliphatic imine (C=N–C) groups is 1. The molecule has 6 nitrogen and oxygen atoms in total. The van der Waals surface area contributed by atoms with Crippen LogP contribution >= 0.6 is 24.0 Å². The van der Waals surface area contributed by atoms with E-state index in [2.05, 4.69) is 50.2 Å². The summed E-state index contributed by atoms with van der Waals surface area (Å²) in [6, 6.07) is 0.413. The van der Waals surface area contributed by atoms with Crippen molar-refractivity contribution in [2.24, 2.45) is 10.4 Å². The van der Waals surface area contributed by atoms with Crippen molar-refractivity contribution in [1.82, 2.24) is 20.4 Å². The van der Waals surface area contributed by atoms with E-state index in [-0.39, 0.29) is 29.9 Å². The minimum absolute atomic E-state index is 0. The molecule has 1 unspecified atom stereocenters. The molecule has 0 radical (unpaired) electrons. The minimum atomic E-state index is 0. The van der Waals surface area contributed by atoms with Crippen molar-refractivity contribution < 1.29 is 4.79 Å². The molecular weight excluding hydrogens is 441 g/mol. The van der Waals surface area contributed by atoms with E-state index < -0.39 is 0 Å². The highest BCUT2D eigenvalue weighted by atomic mass is 127. The summed E-state index contributed by atoms with van der Waals surface area (Å²) in [5.41, 5.74) is 0.369. The van der Waals surface area contributed by atoms with Gasteiger partial charge in [-0.05, 0) is 32.1 Å². The van der Waals surface area contributed by atoms with E-state index in [0.717, 1.165) is 58.2 Å². The molecule has 1 fully saturated rings. The number of nitrogens with zero attached hydrogens (tertiary/aromatic N) is 3. The van der Waals surface area contributed by atoms with Crippen LogP contribution < -0.4 is 10.6 Å². The van der Waals surface area contributed by atoms with Crippen LogP contribution in [-0.2, 0) is 4.79 Å². The summed E-state index contributed by atoms with van der Waals surface area (Å²) in [6.45, 7) is 19.0. The molecule has 1 aliphatic rings. The van der Waals surface area contributed by atoms with Gasteiger partial charge in [0.2, 0.25) is 5.91 Å². The largest absolute Gasteiger partial charge is 0.357 e. The summed E-state index contributed by atoms with van der Waals surface area (Å²) in [7, 11) is 0. The molecule has 7 heteroatoms. The highest BCUT2D eigenvalue weighted by molar-refractivity contribution is 14.0. The van der Waals surface area contributed by atoms with Crippen molar-refractivity contribution in [3.05, 3.63) is 0 Å². The molecule has 0 saturated carbocycles. The molecule has 2 N–H and O–H groups in total. The summed E-state index contributed by atoms with van der Waals surface area (Å²) in [5, 5.41) is 6.86. The Hall–Kier alpha value is -0.570. The fraction of sp³-hybridized carbons (Fsp3) is 0.895. The summed E-state index contributed by atoms with van der Waals surface area (Å²) in [6.07, 6.45) is 2.34. The predicted octanol–water partition coefficient (Wildman–Crippen LogP) is 2.54. The van der Waals surface area contributed by atoms with Crippen molar-refractivity contribution in [2.75, 3.05) is 45.8 Å². The maximum Gasteiger partial charge on any atom is 0.219 e. The van der Waals surface area contributed by atoms with Crippen molar-refractivity contribution in [3.63, 3.8) is 0 Å². The van der Waals surface area contributed by atoms with Crippen molar-refractivity contribution in [1.29, 1.82) is 0 Å². The van der Waals surface area contributed by atoms with Gasteiger partial charge in [-0.2, -0.15) is 0 Å². The van der Waals surface area contributed by atoms with Gasteiger partial charge in [0.15, 0.2) is 5.96 Å². The standard InChI is InChI=1S/C19H39N5O.HI/c1-7-20-18(22-16(2)8-9-19(4,5)6)21-10-11-23-12-14-24(15-13-23)17(3)25;/h16H,7-15H2,1-6H3,(H2,20,21,22);1H. The Bertz CT molecular complexity index is 428. The van der Waals surface area contributed by atoms with Crippen LogP contribution in [0.15, 0.2) is 4.99 Å². The number of hydrogen-bond acceptors (Lipinski definition) is 3. The van der Waals surface area contributed by atoms with Crippen LogP contribution in [0, 0.1) is 5.41 Å². The SMILES string of the molecule is CCNC(=NCCN1CCN(C(C)=O)CC1)NC(C)CCC(C)(C)C.I. The number of piperazine rings is 1. The third-order valence-corrected chi connectivity index (χ3v) is 4.56. The van der Waals surface area contributed by atoms with E-state index in [4.69, 9.17) is 4.99 Å². The van der Waals surface area contributed by atoms with Gasteiger partial charge in [0, 0.05) is 52.2 Å². The Kier molecular flexibility index (Phi) is 12.5. The van der Waals surface area contributed by atoms with E-state index in [1.165, 1.54) is 6.42 Å². The number of nitrogens with one attached hydrogen (secondary N) is 2. The van der Waals surface area contributed by atoms with Crippen molar-refractivity contribution >= 4 is 35.8 Å². The molecule has 1 atom stereocenters. The average molecular weight is 481 g/mol. The van der Waals surface area contributed by atoms with Gasteiger partial charge in [-0.1, -0.05) is 20.8 Å². The van der Waals surface area contributed by atoms with Crippen LogP contribution in [0.2, 0.25) is 0 Å². The van der Waals surface area contributed by atoms with Gasteiger partial charge in [-0.25, -0.2) is 0 Å². The fourth-order valence-corrected chi connectivity index (χ4v) is 2.86. The number of rotatable bonds is 7. The molecular formula is C19H40IN5O. The number of amides is 1. The molecule has 0 bridgehead atoms. The second-order valence-corrected chi connectivity index (χ2v) is 8.25. The van der Waals surface area contributed by atoms with Gasteiger partial charge in [0.05, 0.1) is 6.54 Å². The first-order chi connectivity index (χ1) is 11.7. The smallest absolute Gasteiger partial charge is 0.219 e. The fourth-order valence-electron chi connectivity index (χ4n) is 2.86. The molecule has 0 spiro atoms. The maximum absolute atomic E-state index is 11.4. The first kappa shape index (κ1) is 25.4. The Morgan fingerprint density at radius 2 is 1.81 bits per heavy atom. The Morgan fingerprint density at radius 1 is 1.19 bits per heavy atom. The van der Waals surface area contributed by atoms with Gasteiger partial charge in [0.25, 0.3) is 0 Å². The molecule has 1 aliphatic heterocycles. The van der Waals surface area contributed by atoms with Gasteiger partial charge < -0.3 is 15.5 Å². The minimum Gasteiger partial charge on any atom is -0.357 e. The Labute approximate surface area is 177 Å². The number of halogens is 1. The average Bonchev–Trinajstić information content (AvgIpc) is 2.53. The number of guanidine groups is 1. The van der Waals surface area contributed by atoms with Crippen LogP contribution in [0.5, 0.6) is 0 Å². The molecule has 1 saturated heterocycles. The molecule has 154 valence electrons. The summed E-state index contributed by atoms with van der Waals surface area (Å²) >= 11 is 0. The van der Waals surface area contributed by atoms with Crippen LogP contribution in [0.3, 0.4) is 0 Å². The van der Waals surface area contributed by atoms with Crippen LogP contribution in [0.1, 0.15) is 54.4 Å². The molecule has 0 aliphatic carbocycles. The first-order valence-corrected chi connectivity index (χ1v) is 9.74. The van der Waals surface area contributed by atoms with Crippen molar-refractivity contribution in [3.8, 4) is 0 Å². The maximum atomic E-state index is 11.4. The quantitative estimate of drug-likeness (QED) is 0.334. The van der Waals surface area contributed by atoms with E-state index in [1.54, 1.807) is 6.92 Å². The second kappa shape index (κ2) is 12.8. The second-order valence-electron chi connectivity index (χ2n) is 8.25. The molecule has 1 amide bonds. The zero-order valence-corrected chi connectivity index (χ0v) is 19.9. The first-order valence-electron chi connectivity index (χ1n) is 9.74. The number of hydrogen-bond donors (Lipinski definition) is 2. The normalized spacial score (nSPS) is 17.5. The summed E-state index contributed by atoms with van der Waals surface area (Å²) in [5.74, 6) is 1.09. The third-order valence-electron chi connectivity index (χ3n) is 4.56. The summed E-state index contributed by atoms with van der Waals surface area (Å²) in [4.78, 5) is 20.4. The monoisotopic (exact) mass is 481 g/mol. The zero-order chi connectivity index (χ0) is 18.9. The molecule has 0 aromatic rings. The topological polar surface area (TPSA) is 60.0 Å². The molecule has 26 heavy (non-hydrogen) atoms. The number of carbonyl (C=O) groups excluding carboxylic acids is 1. The number of carbonyl (C=O) groups is 1. The molecule has 1 heterocycles. The highest BCUT2D eigenvalue weighted by Gasteiger charge is 2.18. The molecule has 0 aromatic heterocycles. The van der Waals surface area contributed by atoms with Crippen LogP contribution in [-0.4, -0.2) is 73.5 Å². The lowest BCUT2D eigenvalue weighted by Gasteiger charge is -2.33. The highest BCUT2D eigenvalue weighted by Crippen LogP contribution is 2.21. The van der Waals surface area contributed by atoms with Crippen molar-refractivity contribution in [2.45, 2.75) is 60.4 Å². The lowest BCUT2D eigenvalue weighted by Crippen LogP contribution is -2.48.